The largest absolute Gasteiger partial charge is 1.00 e. The third-order valence-corrected chi connectivity index (χ3v) is 2.73. The Hall–Kier alpha value is -0.0600. The molecule has 0 heterocycles. The van der Waals surface area contributed by atoms with Crippen molar-refractivity contribution in [2.24, 2.45) is 17.3 Å². The summed E-state index contributed by atoms with van der Waals surface area (Å²) in [4.78, 5) is 21.4. The molecule has 0 saturated carbocycles. The van der Waals surface area contributed by atoms with Crippen LogP contribution in [0.1, 0.15) is 29.1 Å². The number of hydrogen-bond acceptors (Lipinski definition) is 2. The van der Waals surface area contributed by atoms with Gasteiger partial charge in [-0.15, -0.1) is 0 Å². The van der Waals surface area contributed by atoms with Gasteiger partial charge in [-0.3, -0.25) is 9.59 Å². The van der Waals surface area contributed by atoms with E-state index >= 15 is 0 Å². The molecule has 0 bridgehead atoms. The maximum atomic E-state index is 10.7. The molecular weight excluding hydrogens is 195 g/mol. The van der Waals surface area contributed by atoms with Crippen LogP contribution in [0.25, 0.3) is 0 Å². The van der Waals surface area contributed by atoms with Crippen molar-refractivity contribution in [2.75, 3.05) is 0 Å². The summed E-state index contributed by atoms with van der Waals surface area (Å²) in [6, 6.07) is 0. The Kier molecular flexibility index (Phi) is 6.70. The number of carboxylic acid groups (broad SMARTS) is 2. The molecule has 78 valence electrons. The number of carbonyl (C=O) groups is 2. The Balaban J connectivity index is -0.000000720. The van der Waals surface area contributed by atoms with Crippen LogP contribution in [0.5, 0.6) is 0 Å². The van der Waals surface area contributed by atoms with Crippen LogP contribution in [-0.2, 0) is 9.59 Å². The molecule has 2 N–H and O–H groups in total. The van der Waals surface area contributed by atoms with E-state index in [2.05, 4.69) is 0 Å². The van der Waals surface area contributed by atoms with Gasteiger partial charge in [0, 0.05) is 0 Å². The van der Waals surface area contributed by atoms with Crippen molar-refractivity contribution < 1.29 is 50.8 Å². The minimum Gasteiger partial charge on any atom is -1.00 e. The molecule has 0 aromatic carbocycles. The quantitative estimate of drug-likeness (QED) is 0.442. The van der Waals surface area contributed by atoms with Gasteiger partial charge in [0.05, 0.1) is 0 Å². The van der Waals surface area contributed by atoms with E-state index in [-0.39, 0.29) is 36.9 Å². The Bertz CT molecular complexity index is 214. The molecule has 14 heavy (non-hydrogen) atoms. The van der Waals surface area contributed by atoms with E-state index in [1.54, 1.807) is 13.8 Å². The molecule has 0 aliphatic carbocycles. The second-order valence-corrected chi connectivity index (χ2v) is 4.09. The molecule has 0 aliphatic heterocycles. The summed E-state index contributed by atoms with van der Waals surface area (Å²) < 4.78 is 0. The number of hydrogen-bond donors (Lipinski definition) is 2. The van der Waals surface area contributed by atoms with Gasteiger partial charge in [-0.1, -0.05) is 27.7 Å². The summed E-state index contributed by atoms with van der Waals surface area (Å²) in [5.41, 5.74) is -0.738. The molecule has 0 radical (unpaired) electrons. The number of aliphatic carboxylic acids is 2. The first kappa shape index (κ1) is 16.4. The van der Waals surface area contributed by atoms with Crippen LogP contribution >= 0.6 is 0 Å². The molecule has 0 fully saturated rings. The Labute approximate surface area is 107 Å². The SMILES string of the molecule is CC(C)C(C)(C)C(C(=O)O)C(=O)O.[H-].[Na+]. The topological polar surface area (TPSA) is 74.6 Å². The Morgan fingerprint density at radius 1 is 1.14 bits per heavy atom. The third kappa shape index (κ3) is 3.59. The van der Waals surface area contributed by atoms with Gasteiger partial charge in [0.1, 0.15) is 0 Å². The fourth-order valence-corrected chi connectivity index (χ4v) is 1.08. The van der Waals surface area contributed by atoms with Crippen molar-refractivity contribution in [3.63, 3.8) is 0 Å². The normalized spacial score (nSPS) is 11.3. The number of carboxylic acids is 2. The molecule has 5 heteroatoms. The predicted molar refractivity (Wildman–Crippen MR) is 48.5 cm³/mol. The predicted octanol–water partition coefficient (Wildman–Crippen LogP) is -1.43. The maximum absolute atomic E-state index is 10.7. The first-order valence-corrected chi connectivity index (χ1v) is 4.16. The van der Waals surface area contributed by atoms with Crippen LogP contribution in [0.15, 0.2) is 0 Å². The fourth-order valence-electron chi connectivity index (χ4n) is 1.08. The van der Waals surface area contributed by atoms with E-state index in [1.165, 1.54) is 0 Å². The third-order valence-electron chi connectivity index (χ3n) is 2.73. The van der Waals surface area contributed by atoms with Crippen molar-refractivity contribution in [3.05, 3.63) is 0 Å². The van der Waals surface area contributed by atoms with E-state index < -0.39 is 23.3 Å². The minimum atomic E-state index is -1.34. The van der Waals surface area contributed by atoms with Crippen molar-refractivity contribution >= 4 is 11.9 Å². The molecule has 0 aliphatic rings. The average Bonchev–Trinajstić information content (AvgIpc) is 1.82. The first-order valence-electron chi connectivity index (χ1n) is 4.16. The van der Waals surface area contributed by atoms with Gasteiger partial charge in [0.2, 0.25) is 0 Å². The second-order valence-electron chi connectivity index (χ2n) is 4.09. The maximum Gasteiger partial charge on any atom is 1.00 e. The number of rotatable bonds is 4. The zero-order valence-electron chi connectivity index (χ0n) is 10.4. The van der Waals surface area contributed by atoms with Gasteiger partial charge in [0.15, 0.2) is 5.92 Å². The van der Waals surface area contributed by atoms with Crippen LogP contribution in [0.2, 0.25) is 0 Å². The zero-order chi connectivity index (χ0) is 10.8. The Morgan fingerprint density at radius 3 is 1.50 bits per heavy atom. The molecule has 0 rings (SSSR count). The van der Waals surface area contributed by atoms with Crippen molar-refractivity contribution in [2.45, 2.75) is 27.7 Å². The molecule has 0 atom stereocenters. The molecule has 0 aromatic rings. The summed E-state index contributed by atoms with van der Waals surface area (Å²) >= 11 is 0. The molecule has 0 spiro atoms. The van der Waals surface area contributed by atoms with E-state index in [0.29, 0.717) is 0 Å². The Morgan fingerprint density at radius 2 is 1.43 bits per heavy atom. The van der Waals surface area contributed by atoms with Crippen LogP contribution in [-0.4, -0.2) is 22.2 Å². The zero-order valence-corrected chi connectivity index (χ0v) is 11.4. The summed E-state index contributed by atoms with van der Waals surface area (Å²) in [7, 11) is 0. The average molecular weight is 212 g/mol. The van der Waals surface area contributed by atoms with E-state index in [9.17, 15) is 9.59 Å². The van der Waals surface area contributed by atoms with Crippen LogP contribution in [0.4, 0.5) is 0 Å². The first-order chi connectivity index (χ1) is 5.71. The van der Waals surface area contributed by atoms with Crippen molar-refractivity contribution in [1.29, 1.82) is 0 Å². The summed E-state index contributed by atoms with van der Waals surface area (Å²) in [5.74, 6) is -3.88. The van der Waals surface area contributed by atoms with Crippen LogP contribution < -0.4 is 29.6 Å². The van der Waals surface area contributed by atoms with E-state index in [0.717, 1.165) is 0 Å². The van der Waals surface area contributed by atoms with Crippen LogP contribution in [0, 0.1) is 17.3 Å². The second kappa shape index (κ2) is 5.73. The minimum absolute atomic E-state index is 0. The van der Waals surface area contributed by atoms with Gasteiger partial charge < -0.3 is 11.6 Å². The monoisotopic (exact) mass is 212 g/mol. The summed E-state index contributed by atoms with van der Waals surface area (Å²) in [6.07, 6.45) is 0. The van der Waals surface area contributed by atoms with Crippen LogP contribution in [0.3, 0.4) is 0 Å². The summed E-state index contributed by atoms with van der Waals surface area (Å²) in [5, 5.41) is 17.5. The van der Waals surface area contributed by atoms with Crippen molar-refractivity contribution in [3.8, 4) is 0 Å². The molecule has 0 saturated heterocycles. The smallest absolute Gasteiger partial charge is 1.00 e. The van der Waals surface area contributed by atoms with Gasteiger partial charge in [-0.2, -0.15) is 0 Å². The van der Waals surface area contributed by atoms with Gasteiger partial charge in [-0.25, -0.2) is 0 Å². The van der Waals surface area contributed by atoms with E-state index in [4.69, 9.17) is 10.2 Å². The van der Waals surface area contributed by atoms with Crippen molar-refractivity contribution in [1.82, 2.24) is 0 Å². The van der Waals surface area contributed by atoms with E-state index in [1.807, 2.05) is 13.8 Å². The standard InChI is InChI=1S/C9H16O4.Na.H/c1-5(2)9(3,4)6(7(10)11)8(12)13;;/h5-6H,1-4H3,(H,10,11)(H,12,13);;/q;+1;-1. The van der Waals surface area contributed by atoms with Gasteiger partial charge in [-0.05, 0) is 11.3 Å². The molecule has 0 aromatic heterocycles. The molecule has 0 unspecified atom stereocenters. The molecular formula is C9H17NaO4. The van der Waals surface area contributed by atoms with Gasteiger partial charge >= 0.3 is 41.5 Å². The molecule has 4 nitrogen and oxygen atoms in total. The molecule has 0 amide bonds. The fraction of sp³-hybridized carbons (Fsp3) is 0.778. The summed E-state index contributed by atoms with van der Waals surface area (Å²) in [6.45, 7) is 6.95. The van der Waals surface area contributed by atoms with Gasteiger partial charge in [0.25, 0.3) is 0 Å².